The van der Waals surface area contributed by atoms with Crippen molar-refractivity contribution in [3.63, 3.8) is 0 Å². The smallest absolute Gasteiger partial charge is 0.317 e. The zero-order chi connectivity index (χ0) is 16.2. The number of urea groups is 1. The Kier molecular flexibility index (Phi) is 5.03. The van der Waals surface area contributed by atoms with Gasteiger partial charge in [0, 0.05) is 28.8 Å². The van der Waals surface area contributed by atoms with E-state index in [9.17, 15) is 9.90 Å². The minimum absolute atomic E-state index is 0.0507. The highest BCUT2D eigenvalue weighted by Gasteiger charge is 2.31. The van der Waals surface area contributed by atoms with Crippen LogP contribution in [0.5, 0.6) is 0 Å². The first kappa shape index (κ1) is 16.1. The molecule has 1 aliphatic rings. The van der Waals surface area contributed by atoms with Crippen molar-refractivity contribution in [1.29, 1.82) is 0 Å². The normalized spacial score (nSPS) is 19.0. The largest absolute Gasteiger partial charge is 0.467 e. The molecule has 2 aromatic rings. The first-order valence-electron chi connectivity index (χ1n) is 7.94. The third-order valence-corrected chi connectivity index (χ3v) is 5.22. The fourth-order valence-electron chi connectivity index (χ4n) is 3.05. The molecule has 2 atom stereocenters. The Labute approximate surface area is 139 Å². The summed E-state index contributed by atoms with van der Waals surface area (Å²) in [7, 11) is 0. The second kappa shape index (κ2) is 7.19. The highest BCUT2D eigenvalue weighted by Crippen LogP contribution is 2.27. The lowest BCUT2D eigenvalue weighted by molar-refractivity contribution is 0.108. The minimum Gasteiger partial charge on any atom is -0.467 e. The fourth-order valence-corrected chi connectivity index (χ4v) is 3.88. The summed E-state index contributed by atoms with van der Waals surface area (Å²) in [6.45, 7) is 3.36. The van der Waals surface area contributed by atoms with Gasteiger partial charge in [0.2, 0.25) is 0 Å². The molecule has 0 aliphatic carbocycles. The van der Waals surface area contributed by atoms with Crippen LogP contribution in [0.4, 0.5) is 4.79 Å². The van der Waals surface area contributed by atoms with E-state index in [2.05, 4.69) is 18.3 Å². The SMILES string of the molecule is Cc1ccc(CNC(=O)N2CCCC2CC(O)c2ccco2)s1. The predicted molar refractivity (Wildman–Crippen MR) is 89.3 cm³/mol. The average molecular weight is 334 g/mol. The summed E-state index contributed by atoms with van der Waals surface area (Å²) in [6, 6.07) is 7.64. The molecule has 1 fully saturated rings. The van der Waals surface area contributed by atoms with Gasteiger partial charge in [0.05, 0.1) is 12.8 Å². The van der Waals surface area contributed by atoms with Crippen LogP contribution >= 0.6 is 11.3 Å². The van der Waals surface area contributed by atoms with E-state index in [1.165, 1.54) is 4.88 Å². The van der Waals surface area contributed by atoms with Crippen LogP contribution in [-0.2, 0) is 6.54 Å². The van der Waals surface area contributed by atoms with Gasteiger partial charge >= 0.3 is 6.03 Å². The van der Waals surface area contributed by atoms with Crippen molar-refractivity contribution in [3.05, 3.63) is 46.0 Å². The number of carbonyl (C=O) groups is 1. The summed E-state index contributed by atoms with van der Waals surface area (Å²) in [6.07, 6.45) is 3.30. The maximum atomic E-state index is 12.4. The van der Waals surface area contributed by atoms with Gasteiger partial charge in [0.1, 0.15) is 11.9 Å². The van der Waals surface area contributed by atoms with E-state index >= 15 is 0 Å². The molecular formula is C17H22N2O3S. The molecule has 1 aliphatic heterocycles. The topological polar surface area (TPSA) is 65.7 Å². The van der Waals surface area contributed by atoms with Gasteiger partial charge in [-0.25, -0.2) is 4.79 Å². The Balaban J connectivity index is 1.54. The number of aryl methyl sites for hydroxylation is 1. The van der Waals surface area contributed by atoms with Gasteiger partial charge in [-0.05, 0) is 44.0 Å². The van der Waals surface area contributed by atoms with Gasteiger partial charge in [0.15, 0.2) is 0 Å². The summed E-state index contributed by atoms with van der Waals surface area (Å²) in [5, 5.41) is 13.2. The summed E-state index contributed by atoms with van der Waals surface area (Å²) < 4.78 is 5.24. The predicted octanol–water partition coefficient (Wildman–Crippen LogP) is 3.45. The fraction of sp³-hybridized carbons (Fsp3) is 0.471. The Morgan fingerprint density at radius 3 is 3.09 bits per heavy atom. The van der Waals surface area contributed by atoms with Crippen molar-refractivity contribution in [2.24, 2.45) is 0 Å². The molecule has 0 bridgehead atoms. The number of nitrogens with one attached hydrogen (secondary N) is 1. The highest BCUT2D eigenvalue weighted by atomic mass is 32.1. The molecule has 5 nitrogen and oxygen atoms in total. The second-order valence-corrected chi connectivity index (χ2v) is 7.30. The standard InChI is InChI=1S/C17H22N2O3S/c1-12-6-7-14(23-12)11-18-17(21)19-8-2-4-13(19)10-15(20)16-5-3-9-22-16/h3,5-7,9,13,15,20H,2,4,8,10-11H2,1H3,(H,18,21). The van der Waals surface area contributed by atoms with E-state index in [4.69, 9.17) is 4.42 Å². The van der Waals surface area contributed by atoms with Crippen LogP contribution in [0.3, 0.4) is 0 Å². The Hall–Kier alpha value is -1.79. The van der Waals surface area contributed by atoms with Crippen LogP contribution in [-0.4, -0.2) is 28.6 Å². The van der Waals surface area contributed by atoms with Gasteiger partial charge in [0.25, 0.3) is 0 Å². The van der Waals surface area contributed by atoms with Crippen LogP contribution in [0, 0.1) is 6.92 Å². The number of carbonyl (C=O) groups excluding carboxylic acids is 1. The maximum absolute atomic E-state index is 12.4. The molecule has 6 heteroatoms. The van der Waals surface area contributed by atoms with Crippen LogP contribution in [0.2, 0.25) is 0 Å². The van der Waals surface area contributed by atoms with E-state index in [1.807, 2.05) is 11.0 Å². The summed E-state index contributed by atoms with van der Waals surface area (Å²) in [5.41, 5.74) is 0. The van der Waals surface area contributed by atoms with Crippen LogP contribution in [0.25, 0.3) is 0 Å². The lowest BCUT2D eigenvalue weighted by Crippen LogP contribution is -2.42. The van der Waals surface area contributed by atoms with E-state index < -0.39 is 6.10 Å². The van der Waals surface area contributed by atoms with E-state index in [1.54, 1.807) is 29.7 Å². The average Bonchev–Trinajstić information content (AvgIpc) is 3.26. The number of nitrogens with zero attached hydrogens (tertiary/aromatic N) is 1. The number of thiophene rings is 1. The van der Waals surface area contributed by atoms with Crippen molar-refractivity contribution in [2.75, 3.05) is 6.54 Å². The van der Waals surface area contributed by atoms with Crippen molar-refractivity contribution in [1.82, 2.24) is 10.2 Å². The molecule has 124 valence electrons. The van der Waals surface area contributed by atoms with Gasteiger partial charge in [-0.3, -0.25) is 0 Å². The number of amides is 2. The van der Waals surface area contributed by atoms with Crippen molar-refractivity contribution in [3.8, 4) is 0 Å². The monoisotopic (exact) mass is 334 g/mol. The lowest BCUT2D eigenvalue weighted by atomic mass is 10.1. The number of rotatable bonds is 5. The third kappa shape index (κ3) is 3.95. The lowest BCUT2D eigenvalue weighted by Gasteiger charge is -2.26. The van der Waals surface area contributed by atoms with Crippen molar-refractivity contribution in [2.45, 2.75) is 44.9 Å². The molecule has 0 spiro atoms. The molecule has 2 unspecified atom stereocenters. The first-order valence-corrected chi connectivity index (χ1v) is 8.76. The maximum Gasteiger partial charge on any atom is 0.317 e. The Morgan fingerprint density at radius 1 is 1.52 bits per heavy atom. The molecule has 2 N–H and O–H groups in total. The number of furan rings is 1. The number of aliphatic hydroxyl groups excluding tert-OH is 1. The number of hydrogen-bond acceptors (Lipinski definition) is 4. The number of hydrogen-bond donors (Lipinski definition) is 2. The molecule has 3 rings (SSSR count). The quantitative estimate of drug-likeness (QED) is 0.880. The molecule has 2 aromatic heterocycles. The number of likely N-dealkylation sites (tertiary alicyclic amines) is 1. The van der Waals surface area contributed by atoms with Crippen LogP contribution in [0.15, 0.2) is 34.9 Å². The van der Waals surface area contributed by atoms with Crippen LogP contribution in [0.1, 0.15) is 40.9 Å². The molecule has 0 radical (unpaired) electrons. The molecule has 1 saturated heterocycles. The van der Waals surface area contributed by atoms with E-state index in [-0.39, 0.29) is 12.1 Å². The Bertz CT molecular complexity index is 638. The molecule has 3 heterocycles. The third-order valence-electron chi connectivity index (χ3n) is 4.21. The molecule has 2 amide bonds. The summed E-state index contributed by atoms with van der Waals surface area (Å²) in [5.74, 6) is 0.561. The zero-order valence-electron chi connectivity index (χ0n) is 13.2. The van der Waals surface area contributed by atoms with Gasteiger partial charge in [-0.15, -0.1) is 11.3 Å². The van der Waals surface area contributed by atoms with Crippen LogP contribution < -0.4 is 5.32 Å². The van der Waals surface area contributed by atoms with Crippen molar-refractivity contribution < 1.29 is 14.3 Å². The van der Waals surface area contributed by atoms with Gasteiger partial charge in [-0.2, -0.15) is 0 Å². The number of aliphatic hydroxyl groups is 1. The minimum atomic E-state index is -0.664. The zero-order valence-corrected chi connectivity index (χ0v) is 14.0. The molecule has 0 aromatic carbocycles. The molecule has 0 saturated carbocycles. The van der Waals surface area contributed by atoms with Gasteiger partial charge < -0.3 is 19.7 Å². The van der Waals surface area contributed by atoms with Crippen molar-refractivity contribution >= 4 is 17.4 Å². The Morgan fingerprint density at radius 2 is 2.39 bits per heavy atom. The first-order chi connectivity index (χ1) is 11.1. The summed E-state index contributed by atoms with van der Waals surface area (Å²) >= 11 is 1.70. The summed E-state index contributed by atoms with van der Waals surface area (Å²) in [4.78, 5) is 16.7. The molecule has 23 heavy (non-hydrogen) atoms. The molecular weight excluding hydrogens is 312 g/mol. The highest BCUT2D eigenvalue weighted by molar-refractivity contribution is 7.11. The van der Waals surface area contributed by atoms with E-state index in [0.717, 1.165) is 24.3 Å². The second-order valence-electron chi connectivity index (χ2n) is 5.93. The van der Waals surface area contributed by atoms with E-state index in [0.29, 0.717) is 18.7 Å². The van der Waals surface area contributed by atoms with Gasteiger partial charge in [-0.1, -0.05) is 0 Å².